The van der Waals surface area contributed by atoms with E-state index in [9.17, 15) is 14.4 Å². The molecule has 0 bridgehead atoms. The van der Waals surface area contributed by atoms with Gasteiger partial charge in [-0.1, -0.05) is 17.7 Å². The molecule has 36 heavy (non-hydrogen) atoms. The number of cyclic esters (lactones) is 1. The first-order valence-electron chi connectivity index (χ1n) is 11.5. The van der Waals surface area contributed by atoms with Crippen molar-refractivity contribution in [3.63, 3.8) is 0 Å². The molecule has 1 fully saturated rings. The molecule has 4 rings (SSSR count). The Morgan fingerprint density at radius 3 is 2.78 bits per heavy atom. The van der Waals surface area contributed by atoms with E-state index in [1.807, 2.05) is 25.1 Å². The van der Waals surface area contributed by atoms with Gasteiger partial charge in [-0.2, -0.15) is 0 Å². The normalized spacial score (nSPS) is 15.2. The molecule has 3 heterocycles. The van der Waals surface area contributed by atoms with Gasteiger partial charge in [0.05, 0.1) is 34.6 Å². The number of anilines is 1. The van der Waals surface area contributed by atoms with E-state index in [0.717, 1.165) is 11.3 Å². The van der Waals surface area contributed by atoms with Gasteiger partial charge in [0.25, 0.3) is 11.5 Å². The molecule has 1 saturated heterocycles. The number of benzene rings is 1. The first-order valence-corrected chi connectivity index (χ1v) is 12.7. The number of aryl methyl sites for hydroxylation is 1. The van der Waals surface area contributed by atoms with E-state index in [4.69, 9.17) is 21.4 Å². The van der Waals surface area contributed by atoms with Crippen LogP contribution < -0.4 is 21.1 Å². The Hall–Kier alpha value is -3.18. The Morgan fingerprint density at radius 1 is 1.22 bits per heavy atom. The van der Waals surface area contributed by atoms with E-state index < -0.39 is 12.2 Å². The second-order valence-corrected chi connectivity index (χ2v) is 10.0. The number of thiophene rings is 1. The Morgan fingerprint density at radius 2 is 2.06 bits per heavy atom. The molecule has 1 atom stereocenters. The Balaban J connectivity index is 1.42. The van der Waals surface area contributed by atoms with Crippen LogP contribution in [-0.2, 0) is 11.2 Å². The van der Waals surface area contributed by atoms with E-state index in [-0.39, 0.29) is 24.6 Å². The number of hydrogen-bond acceptors (Lipinski definition) is 7. The molecule has 11 heteroatoms. The van der Waals surface area contributed by atoms with Crippen molar-refractivity contribution in [2.75, 3.05) is 37.7 Å². The number of aliphatic hydroxyl groups excluding tert-OH is 1. The summed E-state index contributed by atoms with van der Waals surface area (Å²) in [6.45, 7) is 3.48. The van der Waals surface area contributed by atoms with Crippen molar-refractivity contribution in [3.8, 4) is 5.69 Å². The third-order valence-electron chi connectivity index (χ3n) is 5.80. The molecule has 9 nitrogen and oxygen atoms in total. The van der Waals surface area contributed by atoms with Gasteiger partial charge in [0.2, 0.25) is 0 Å². The zero-order chi connectivity index (χ0) is 25.7. The van der Waals surface area contributed by atoms with Crippen molar-refractivity contribution in [2.24, 2.45) is 0 Å². The van der Waals surface area contributed by atoms with Crippen LogP contribution in [0, 0.1) is 6.92 Å². The second-order valence-electron chi connectivity index (χ2n) is 8.33. The summed E-state index contributed by atoms with van der Waals surface area (Å²) >= 11 is 7.06. The molecule has 0 radical (unpaired) electrons. The Bertz CT molecular complexity index is 1310. The minimum Gasteiger partial charge on any atom is -0.442 e. The number of pyridine rings is 1. The minimum atomic E-state index is -0.491. The van der Waals surface area contributed by atoms with Crippen molar-refractivity contribution in [3.05, 3.63) is 79.4 Å². The van der Waals surface area contributed by atoms with Crippen LogP contribution in [0.25, 0.3) is 5.69 Å². The number of aromatic nitrogens is 1. The molecule has 3 N–H and O–H groups in total. The van der Waals surface area contributed by atoms with Crippen LogP contribution in [0.1, 0.15) is 20.8 Å². The standard InChI is InChI=1S/C25H27ClN4O5S/c1-16-13-18(4-5-20(16)29-11-2-3-17(24(29)33)8-9-27-10-12-31)30-15-19(35-25(30)34)14-28-23(32)21-6-7-22(26)36-21/h2-7,11,13,19,27,31H,8-10,12,14-15H2,1H3,(H,28,32)/t19-/m0/s1. The second kappa shape index (κ2) is 11.7. The maximum Gasteiger partial charge on any atom is 0.414 e. The first-order chi connectivity index (χ1) is 17.4. The highest BCUT2D eigenvalue weighted by atomic mass is 35.5. The first kappa shape index (κ1) is 25.9. The molecule has 2 amide bonds. The lowest BCUT2D eigenvalue weighted by Crippen LogP contribution is -2.34. The maximum atomic E-state index is 13.0. The lowest BCUT2D eigenvalue weighted by Gasteiger charge is -2.17. The average Bonchev–Trinajstić information content (AvgIpc) is 3.47. The number of carbonyl (C=O) groups excluding carboxylic acids is 2. The fourth-order valence-electron chi connectivity index (χ4n) is 3.99. The molecule has 0 saturated carbocycles. The largest absolute Gasteiger partial charge is 0.442 e. The summed E-state index contributed by atoms with van der Waals surface area (Å²) in [5, 5.41) is 14.7. The van der Waals surface area contributed by atoms with Crippen molar-refractivity contribution in [1.82, 2.24) is 15.2 Å². The van der Waals surface area contributed by atoms with Crippen LogP contribution >= 0.6 is 22.9 Å². The molecular formula is C25H27ClN4O5S. The van der Waals surface area contributed by atoms with Crippen molar-refractivity contribution < 1.29 is 19.4 Å². The van der Waals surface area contributed by atoms with Gasteiger partial charge in [-0.15, -0.1) is 11.3 Å². The van der Waals surface area contributed by atoms with E-state index >= 15 is 0 Å². The average molecular weight is 531 g/mol. The molecule has 1 aromatic carbocycles. The minimum absolute atomic E-state index is 0.0506. The molecule has 1 aliphatic heterocycles. The maximum absolute atomic E-state index is 13.0. The highest BCUT2D eigenvalue weighted by Gasteiger charge is 2.33. The monoisotopic (exact) mass is 530 g/mol. The van der Waals surface area contributed by atoms with Gasteiger partial charge in [-0.25, -0.2) is 4.79 Å². The van der Waals surface area contributed by atoms with Gasteiger partial charge in [0.1, 0.15) is 6.10 Å². The number of hydrogen-bond donors (Lipinski definition) is 3. The number of nitrogens with one attached hydrogen (secondary N) is 2. The summed E-state index contributed by atoms with van der Waals surface area (Å²) in [6, 6.07) is 12.4. The van der Waals surface area contributed by atoms with Crippen LogP contribution in [0.2, 0.25) is 4.34 Å². The number of rotatable bonds is 10. The van der Waals surface area contributed by atoms with Gasteiger partial charge < -0.3 is 20.5 Å². The SMILES string of the molecule is Cc1cc(N2C[C@H](CNC(=O)c3ccc(Cl)s3)OC2=O)ccc1-n1cccc(CCNCCO)c1=O. The van der Waals surface area contributed by atoms with Gasteiger partial charge in [0, 0.05) is 24.0 Å². The summed E-state index contributed by atoms with van der Waals surface area (Å²) in [7, 11) is 0. The summed E-state index contributed by atoms with van der Waals surface area (Å²) in [5.41, 5.74) is 2.76. The fraction of sp³-hybridized carbons (Fsp3) is 0.320. The van der Waals surface area contributed by atoms with Gasteiger partial charge in [0.15, 0.2) is 0 Å². The predicted molar refractivity (Wildman–Crippen MR) is 140 cm³/mol. The van der Waals surface area contributed by atoms with Crippen molar-refractivity contribution >= 4 is 40.6 Å². The molecule has 0 unspecified atom stereocenters. The van der Waals surface area contributed by atoms with E-state index in [2.05, 4.69) is 10.6 Å². The third-order valence-corrected chi connectivity index (χ3v) is 7.03. The Labute approximate surface area is 217 Å². The summed E-state index contributed by atoms with van der Waals surface area (Å²) < 4.78 is 7.56. The topological polar surface area (TPSA) is 113 Å². The number of halogens is 1. The van der Waals surface area contributed by atoms with Gasteiger partial charge in [-0.05, 0) is 61.9 Å². The molecule has 2 aromatic heterocycles. The fourth-order valence-corrected chi connectivity index (χ4v) is 4.95. The summed E-state index contributed by atoms with van der Waals surface area (Å²) in [5.74, 6) is -0.265. The van der Waals surface area contributed by atoms with Gasteiger partial charge >= 0.3 is 6.09 Å². The number of carbonyl (C=O) groups is 2. The Kier molecular flexibility index (Phi) is 8.42. The number of ether oxygens (including phenoxy) is 1. The highest BCUT2D eigenvalue weighted by Crippen LogP contribution is 2.26. The molecule has 3 aromatic rings. The lowest BCUT2D eigenvalue weighted by atomic mass is 10.1. The zero-order valence-electron chi connectivity index (χ0n) is 19.7. The van der Waals surface area contributed by atoms with E-state index in [0.29, 0.717) is 46.5 Å². The van der Waals surface area contributed by atoms with Crippen LogP contribution in [0.3, 0.4) is 0 Å². The molecule has 1 aliphatic rings. The molecule has 0 spiro atoms. The lowest BCUT2D eigenvalue weighted by molar-refractivity contribution is 0.0920. The molecular weight excluding hydrogens is 504 g/mol. The number of aliphatic hydroxyl groups is 1. The number of nitrogens with zero attached hydrogens (tertiary/aromatic N) is 2. The quantitative estimate of drug-likeness (QED) is 0.347. The van der Waals surface area contributed by atoms with E-state index in [1.54, 1.807) is 35.0 Å². The highest BCUT2D eigenvalue weighted by molar-refractivity contribution is 7.18. The summed E-state index contributed by atoms with van der Waals surface area (Å²) in [6.07, 6.45) is 1.29. The zero-order valence-corrected chi connectivity index (χ0v) is 21.3. The van der Waals surface area contributed by atoms with Crippen LogP contribution in [0.4, 0.5) is 10.5 Å². The predicted octanol–water partition coefficient (Wildman–Crippen LogP) is 2.74. The van der Waals surface area contributed by atoms with Crippen LogP contribution in [0.15, 0.2) is 53.5 Å². The summed E-state index contributed by atoms with van der Waals surface area (Å²) in [4.78, 5) is 39.8. The van der Waals surface area contributed by atoms with Crippen LogP contribution in [-0.4, -0.2) is 60.6 Å². The van der Waals surface area contributed by atoms with Crippen LogP contribution in [0.5, 0.6) is 0 Å². The number of amides is 2. The van der Waals surface area contributed by atoms with E-state index in [1.165, 1.54) is 16.2 Å². The van der Waals surface area contributed by atoms with Crippen molar-refractivity contribution in [2.45, 2.75) is 19.4 Å². The van der Waals surface area contributed by atoms with Crippen molar-refractivity contribution in [1.29, 1.82) is 0 Å². The molecule has 0 aliphatic carbocycles. The van der Waals surface area contributed by atoms with Gasteiger partial charge in [-0.3, -0.25) is 19.1 Å². The molecule has 190 valence electrons. The third kappa shape index (κ3) is 5.96. The smallest absolute Gasteiger partial charge is 0.414 e.